The number of nitrogens with zero attached hydrogens (tertiary/aromatic N) is 2. The van der Waals surface area contributed by atoms with Gasteiger partial charge < -0.3 is 34.7 Å². The fourth-order valence-electron chi connectivity index (χ4n) is 6.31. The Balaban J connectivity index is 1.24. The van der Waals surface area contributed by atoms with E-state index in [1.807, 2.05) is 74.5 Å². The van der Waals surface area contributed by atoms with Crippen LogP contribution < -0.4 is 5.32 Å². The predicted molar refractivity (Wildman–Crippen MR) is 184 cm³/mol. The third-order valence-electron chi connectivity index (χ3n) is 8.80. The number of carbonyl (C=O) groups excluding carboxylic acids is 1. The standard InChI is InChI=1S/C36H42N4O8S/c1-23(2)20-40(49(44,45)26-13-14-30-28(18-26)29(34(42)38-30)19-37-25-11-7-4-8-12-25)21-32(41)31(17-24-9-5-3-6-10-24)39-36(43)48-33-22-47-35-27(33)15-16-46-35/h3-14,18-19,23,27,31-33,35,38,41-42H,15-17,20-22H2,1-2H3,(H,39,43). The van der Waals surface area contributed by atoms with E-state index < -0.39 is 34.4 Å². The van der Waals surface area contributed by atoms with Gasteiger partial charge in [0.05, 0.1) is 47.4 Å². The molecule has 4 aromatic rings. The predicted octanol–water partition coefficient (Wildman–Crippen LogP) is 4.73. The third-order valence-corrected chi connectivity index (χ3v) is 10.6. The van der Waals surface area contributed by atoms with Crippen molar-refractivity contribution in [1.82, 2.24) is 14.6 Å². The Morgan fingerprint density at radius 2 is 1.82 bits per heavy atom. The number of H-pyrrole nitrogens is 1. The fraction of sp³-hybridized carbons (Fsp3) is 0.389. The zero-order valence-electron chi connectivity index (χ0n) is 27.4. The van der Waals surface area contributed by atoms with E-state index in [1.54, 1.807) is 6.07 Å². The molecule has 0 radical (unpaired) electrons. The first-order valence-corrected chi connectivity index (χ1v) is 17.9. The van der Waals surface area contributed by atoms with E-state index in [1.165, 1.54) is 22.7 Å². The van der Waals surface area contributed by atoms with Crippen molar-refractivity contribution in [2.24, 2.45) is 16.8 Å². The van der Waals surface area contributed by atoms with Crippen LogP contribution in [0.15, 0.2) is 88.8 Å². The highest BCUT2D eigenvalue weighted by Crippen LogP contribution is 2.33. The number of hydrogen-bond acceptors (Lipinski definition) is 9. The van der Waals surface area contributed by atoms with E-state index in [-0.39, 0.29) is 55.0 Å². The molecule has 12 nitrogen and oxygen atoms in total. The molecule has 2 saturated heterocycles. The Morgan fingerprint density at radius 1 is 1.08 bits per heavy atom. The van der Waals surface area contributed by atoms with Crippen molar-refractivity contribution in [2.75, 3.05) is 26.3 Å². The van der Waals surface area contributed by atoms with Gasteiger partial charge in [-0.05, 0) is 54.7 Å². The summed E-state index contributed by atoms with van der Waals surface area (Å²) in [5.41, 5.74) is 2.41. The molecule has 260 valence electrons. The summed E-state index contributed by atoms with van der Waals surface area (Å²) in [4.78, 5) is 20.5. The molecule has 2 aliphatic rings. The zero-order valence-corrected chi connectivity index (χ0v) is 28.3. The van der Waals surface area contributed by atoms with Crippen LogP contribution in [0.3, 0.4) is 0 Å². The van der Waals surface area contributed by atoms with Gasteiger partial charge >= 0.3 is 6.09 Å². The molecule has 13 heteroatoms. The number of aliphatic hydroxyl groups is 1. The number of fused-ring (bicyclic) bond motifs is 2. The molecule has 2 aliphatic heterocycles. The molecule has 2 fully saturated rings. The SMILES string of the molecule is CC(C)CN(CC(O)C(Cc1ccccc1)NC(=O)OC1COC2OCCC12)S(=O)(=O)c1ccc2[nH]c(O)c(C=Nc3ccccc3)c2c1. The normalized spacial score (nSPS) is 20.6. The largest absolute Gasteiger partial charge is 0.494 e. The Kier molecular flexibility index (Phi) is 10.7. The number of aliphatic imine (C=N–C) groups is 1. The van der Waals surface area contributed by atoms with Gasteiger partial charge in [0, 0.05) is 30.2 Å². The Morgan fingerprint density at radius 3 is 2.55 bits per heavy atom. The lowest BCUT2D eigenvalue weighted by atomic mass is 10.0. The highest BCUT2D eigenvalue weighted by atomic mass is 32.2. The molecule has 3 heterocycles. The maximum absolute atomic E-state index is 14.3. The van der Waals surface area contributed by atoms with Gasteiger partial charge in [-0.3, -0.25) is 4.99 Å². The molecule has 6 rings (SSSR count). The third kappa shape index (κ3) is 8.14. The molecule has 4 N–H and O–H groups in total. The van der Waals surface area contributed by atoms with Crippen LogP contribution >= 0.6 is 0 Å². The van der Waals surface area contributed by atoms with E-state index in [4.69, 9.17) is 14.2 Å². The second kappa shape index (κ2) is 15.1. The van der Waals surface area contributed by atoms with Crippen molar-refractivity contribution in [3.05, 3.63) is 90.0 Å². The first kappa shape index (κ1) is 34.6. The van der Waals surface area contributed by atoms with Crippen molar-refractivity contribution in [3.63, 3.8) is 0 Å². The van der Waals surface area contributed by atoms with Gasteiger partial charge in [0.2, 0.25) is 10.0 Å². The van der Waals surface area contributed by atoms with Gasteiger partial charge in [-0.25, -0.2) is 13.2 Å². The fourth-order valence-corrected chi connectivity index (χ4v) is 7.95. The molecule has 5 unspecified atom stereocenters. The van der Waals surface area contributed by atoms with E-state index >= 15 is 0 Å². The van der Waals surface area contributed by atoms with E-state index in [9.17, 15) is 23.4 Å². The van der Waals surface area contributed by atoms with Gasteiger partial charge in [0.25, 0.3) is 0 Å². The minimum absolute atomic E-state index is 0.0113. The average molecular weight is 691 g/mol. The number of carbonyl (C=O) groups is 1. The zero-order chi connectivity index (χ0) is 34.5. The summed E-state index contributed by atoms with van der Waals surface area (Å²) in [5, 5.41) is 25.6. The Bertz CT molecular complexity index is 1870. The lowest BCUT2D eigenvalue weighted by Crippen LogP contribution is -2.51. The van der Waals surface area contributed by atoms with Gasteiger partial charge in [0.1, 0.15) is 6.10 Å². The minimum atomic E-state index is -4.16. The molecule has 0 spiro atoms. The minimum Gasteiger partial charge on any atom is -0.494 e. The number of ether oxygens (including phenoxy) is 3. The molecular weight excluding hydrogens is 648 g/mol. The number of aromatic hydroxyl groups is 1. The van der Waals surface area contributed by atoms with E-state index in [0.717, 1.165) is 12.0 Å². The van der Waals surface area contributed by atoms with Crippen LogP contribution in [-0.4, -0.2) is 91.1 Å². The first-order chi connectivity index (χ1) is 23.6. The molecule has 0 aliphatic carbocycles. The number of alkyl carbamates (subject to hydrolysis) is 1. The van der Waals surface area contributed by atoms with Crippen LogP contribution in [0, 0.1) is 11.8 Å². The van der Waals surface area contributed by atoms with Crippen LogP contribution in [0.2, 0.25) is 0 Å². The highest BCUT2D eigenvalue weighted by molar-refractivity contribution is 7.89. The summed E-state index contributed by atoms with van der Waals surface area (Å²) in [6.45, 7) is 4.36. The smallest absolute Gasteiger partial charge is 0.407 e. The summed E-state index contributed by atoms with van der Waals surface area (Å²) in [7, 11) is -4.16. The molecule has 3 aromatic carbocycles. The quantitative estimate of drug-likeness (QED) is 0.146. The van der Waals surface area contributed by atoms with Gasteiger partial charge in [-0.1, -0.05) is 62.4 Å². The van der Waals surface area contributed by atoms with Crippen LogP contribution in [0.5, 0.6) is 5.88 Å². The number of amides is 1. The van der Waals surface area contributed by atoms with Crippen molar-refractivity contribution in [3.8, 4) is 5.88 Å². The number of rotatable bonds is 13. The number of aromatic amines is 1. The van der Waals surface area contributed by atoms with Crippen LogP contribution in [0.1, 0.15) is 31.4 Å². The maximum Gasteiger partial charge on any atom is 0.407 e. The van der Waals surface area contributed by atoms with Crippen LogP contribution in [-0.2, 0) is 30.7 Å². The molecule has 49 heavy (non-hydrogen) atoms. The lowest BCUT2D eigenvalue weighted by molar-refractivity contribution is -0.0907. The summed E-state index contributed by atoms with van der Waals surface area (Å²) in [6.07, 6.45) is -0.437. The monoisotopic (exact) mass is 690 g/mol. The van der Waals surface area contributed by atoms with Crippen molar-refractivity contribution < 1.29 is 37.6 Å². The second-order valence-electron chi connectivity index (χ2n) is 12.9. The molecule has 5 atom stereocenters. The molecule has 1 amide bonds. The summed E-state index contributed by atoms with van der Waals surface area (Å²) in [6, 6.07) is 22.2. The number of benzene rings is 3. The topological polar surface area (TPSA) is 163 Å². The average Bonchev–Trinajstić information content (AvgIpc) is 3.79. The number of aromatic nitrogens is 1. The van der Waals surface area contributed by atoms with Crippen molar-refractivity contribution in [2.45, 2.75) is 56.1 Å². The van der Waals surface area contributed by atoms with E-state index in [2.05, 4.69) is 15.3 Å². The number of sulfonamides is 1. The number of aliphatic hydroxyl groups excluding tert-OH is 1. The Labute approximate surface area is 285 Å². The van der Waals surface area contributed by atoms with Gasteiger partial charge in [-0.15, -0.1) is 0 Å². The number of nitrogens with one attached hydrogen (secondary N) is 2. The second-order valence-corrected chi connectivity index (χ2v) is 14.8. The van der Waals surface area contributed by atoms with E-state index in [0.29, 0.717) is 28.8 Å². The Hall–Kier alpha value is -4.27. The highest BCUT2D eigenvalue weighted by Gasteiger charge is 2.44. The molecule has 1 aromatic heterocycles. The van der Waals surface area contributed by atoms with Gasteiger partial charge in [-0.2, -0.15) is 4.31 Å². The molecule has 0 saturated carbocycles. The molecule has 0 bridgehead atoms. The maximum atomic E-state index is 14.3. The summed E-state index contributed by atoms with van der Waals surface area (Å²) >= 11 is 0. The number of hydrogen-bond donors (Lipinski definition) is 4. The van der Waals surface area contributed by atoms with Crippen LogP contribution in [0.25, 0.3) is 10.9 Å². The summed E-state index contributed by atoms with van der Waals surface area (Å²) < 4.78 is 46.6. The van der Waals surface area contributed by atoms with Crippen LogP contribution in [0.4, 0.5) is 10.5 Å². The van der Waals surface area contributed by atoms with Crippen molar-refractivity contribution in [1.29, 1.82) is 0 Å². The lowest BCUT2D eigenvalue weighted by Gasteiger charge is -2.31. The van der Waals surface area contributed by atoms with Gasteiger partial charge in [0.15, 0.2) is 12.2 Å². The summed E-state index contributed by atoms with van der Waals surface area (Å²) in [5.74, 6) is -0.273. The molecular formula is C36H42N4O8S. The number of para-hydroxylation sites is 1. The first-order valence-electron chi connectivity index (χ1n) is 16.4. The van der Waals surface area contributed by atoms with Crippen molar-refractivity contribution >= 4 is 38.9 Å².